The van der Waals surface area contributed by atoms with Gasteiger partial charge in [0.05, 0.1) is 0 Å². The van der Waals surface area contributed by atoms with E-state index < -0.39 is 6.04 Å². The van der Waals surface area contributed by atoms with Crippen molar-refractivity contribution in [3.8, 4) is 0 Å². The molecule has 3 N–H and O–H groups in total. The van der Waals surface area contributed by atoms with E-state index in [0.29, 0.717) is 13.0 Å². The van der Waals surface area contributed by atoms with Crippen LogP contribution in [0.15, 0.2) is 24.3 Å². The number of aryl methyl sites for hydroxylation is 1. The summed E-state index contributed by atoms with van der Waals surface area (Å²) in [7, 11) is 0. The second-order valence-electron chi connectivity index (χ2n) is 5.09. The van der Waals surface area contributed by atoms with E-state index in [1.54, 1.807) is 4.90 Å². The monoisotopic (exact) mass is 264 g/mol. The van der Waals surface area contributed by atoms with Gasteiger partial charge in [-0.05, 0) is 32.8 Å². The lowest BCUT2D eigenvalue weighted by molar-refractivity contribution is -0.134. The third-order valence-corrected chi connectivity index (χ3v) is 3.17. The molecule has 1 unspecified atom stereocenters. The Morgan fingerprint density at radius 2 is 1.89 bits per heavy atom. The number of benzene rings is 1. The second-order valence-corrected chi connectivity index (χ2v) is 5.09. The minimum atomic E-state index is -0.637. The summed E-state index contributed by atoms with van der Waals surface area (Å²) in [5.74, 6) is -0.0905. The van der Waals surface area contributed by atoms with Crippen molar-refractivity contribution in [1.82, 2.24) is 4.90 Å². The average Bonchev–Trinajstić information content (AvgIpc) is 2.38. The quantitative estimate of drug-likeness (QED) is 0.820. The number of carbonyl (C=O) groups excluding carboxylic acids is 1. The number of aliphatic hydroxyl groups excluding tert-OH is 1. The maximum Gasteiger partial charge on any atom is 0.244 e. The van der Waals surface area contributed by atoms with Crippen LogP contribution in [0, 0.1) is 6.92 Å². The van der Waals surface area contributed by atoms with Crippen molar-refractivity contribution in [2.75, 3.05) is 13.2 Å². The summed E-state index contributed by atoms with van der Waals surface area (Å²) in [6, 6.07) is 7.13. The lowest BCUT2D eigenvalue weighted by Crippen LogP contribution is -2.43. The number of nitrogens with two attached hydrogens (primary N) is 1. The van der Waals surface area contributed by atoms with Crippen molar-refractivity contribution in [3.63, 3.8) is 0 Å². The molecule has 4 heteroatoms. The zero-order valence-electron chi connectivity index (χ0n) is 12.0. The number of rotatable bonds is 6. The second kappa shape index (κ2) is 7.26. The molecule has 106 valence electrons. The van der Waals surface area contributed by atoms with Gasteiger partial charge in [-0.2, -0.15) is 0 Å². The van der Waals surface area contributed by atoms with Gasteiger partial charge < -0.3 is 15.7 Å². The third kappa shape index (κ3) is 4.33. The first kappa shape index (κ1) is 15.7. The van der Waals surface area contributed by atoms with Gasteiger partial charge in [-0.3, -0.25) is 4.79 Å². The summed E-state index contributed by atoms with van der Waals surface area (Å²) in [4.78, 5) is 14.1. The Hall–Kier alpha value is -1.39. The summed E-state index contributed by atoms with van der Waals surface area (Å²) in [6.07, 6.45) is 0.574. The van der Waals surface area contributed by atoms with Crippen molar-refractivity contribution >= 4 is 5.91 Å². The van der Waals surface area contributed by atoms with Gasteiger partial charge in [0, 0.05) is 19.2 Å². The van der Waals surface area contributed by atoms with Gasteiger partial charge in [0.25, 0.3) is 0 Å². The van der Waals surface area contributed by atoms with E-state index in [9.17, 15) is 4.79 Å². The molecule has 1 amide bonds. The van der Waals surface area contributed by atoms with Crippen molar-refractivity contribution in [1.29, 1.82) is 0 Å². The number of amides is 1. The van der Waals surface area contributed by atoms with Crippen LogP contribution in [0.25, 0.3) is 0 Å². The van der Waals surface area contributed by atoms with Crippen LogP contribution >= 0.6 is 0 Å². The van der Waals surface area contributed by atoms with Gasteiger partial charge in [0.2, 0.25) is 5.91 Å². The Labute approximate surface area is 115 Å². The predicted molar refractivity (Wildman–Crippen MR) is 76.7 cm³/mol. The molecule has 1 atom stereocenters. The standard InChI is InChI=1S/C15H24N2O2/c1-11(2)17(9-4-10-18)15(19)14(16)13-7-5-12(3)6-8-13/h5-8,11,14,18H,4,9-10,16H2,1-3H3. The Bertz CT molecular complexity index is 401. The fourth-order valence-electron chi connectivity index (χ4n) is 1.96. The maximum absolute atomic E-state index is 12.4. The maximum atomic E-state index is 12.4. The van der Waals surface area contributed by atoms with Gasteiger partial charge >= 0.3 is 0 Å². The number of aliphatic hydroxyl groups is 1. The normalized spacial score (nSPS) is 12.5. The summed E-state index contributed by atoms with van der Waals surface area (Å²) in [5, 5.41) is 8.90. The molecule has 0 aliphatic carbocycles. The fourth-order valence-corrected chi connectivity index (χ4v) is 1.96. The van der Waals surface area contributed by atoms with Crippen molar-refractivity contribution in [2.45, 2.75) is 39.3 Å². The van der Waals surface area contributed by atoms with Crippen LogP contribution in [0.5, 0.6) is 0 Å². The number of hydrogen-bond acceptors (Lipinski definition) is 3. The molecule has 0 aliphatic heterocycles. The number of nitrogens with zero attached hydrogens (tertiary/aromatic N) is 1. The molecule has 4 nitrogen and oxygen atoms in total. The summed E-state index contributed by atoms with van der Waals surface area (Å²) >= 11 is 0. The largest absolute Gasteiger partial charge is 0.396 e. The molecule has 0 bridgehead atoms. The lowest BCUT2D eigenvalue weighted by atomic mass is 10.0. The van der Waals surface area contributed by atoms with Crippen LogP contribution in [0.1, 0.15) is 37.4 Å². The highest BCUT2D eigenvalue weighted by atomic mass is 16.3. The molecule has 0 heterocycles. The molecule has 19 heavy (non-hydrogen) atoms. The zero-order valence-corrected chi connectivity index (χ0v) is 12.0. The fraction of sp³-hybridized carbons (Fsp3) is 0.533. The topological polar surface area (TPSA) is 66.6 Å². The average molecular weight is 264 g/mol. The first-order valence-corrected chi connectivity index (χ1v) is 6.71. The molecule has 1 aromatic rings. The summed E-state index contributed by atoms with van der Waals surface area (Å²) < 4.78 is 0. The molecule has 0 radical (unpaired) electrons. The van der Waals surface area contributed by atoms with Gasteiger partial charge in [0.1, 0.15) is 6.04 Å². The minimum absolute atomic E-state index is 0.0792. The first-order valence-electron chi connectivity index (χ1n) is 6.71. The van der Waals surface area contributed by atoms with Crippen LogP contribution in [-0.4, -0.2) is 35.1 Å². The Morgan fingerprint density at radius 1 is 1.32 bits per heavy atom. The van der Waals surface area contributed by atoms with Crippen LogP contribution in [0.2, 0.25) is 0 Å². The van der Waals surface area contributed by atoms with E-state index in [-0.39, 0.29) is 18.6 Å². The molecule has 0 aromatic heterocycles. The van der Waals surface area contributed by atoms with E-state index in [0.717, 1.165) is 11.1 Å². The van der Waals surface area contributed by atoms with Gasteiger partial charge in [0.15, 0.2) is 0 Å². The lowest BCUT2D eigenvalue weighted by Gasteiger charge is -2.29. The van der Waals surface area contributed by atoms with E-state index in [4.69, 9.17) is 10.8 Å². The van der Waals surface area contributed by atoms with E-state index >= 15 is 0 Å². The van der Waals surface area contributed by atoms with E-state index in [1.807, 2.05) is 45.0 Å². The van der Waals surface area contributed by atoms with Crippen molar-refractivity contribution < 1.29 is 9.90 Å². The van der Waals surface area contributed by atoms with Crippen LogP contribution < -0.4 is 5.73 Å². The smallest absolute Gasteiger partial charge is 0.244 e. The molecular weight excluding hydrogens is 240 g/mol. The summed E-state index contributed by atoms with van der Waals surface area (Å²) in [6.45, 7) is 6.52. The number of carbonyl (C=O) groups is 1. The van der Waals surface area contributed by atoms with Gasteiger partial charge in [-0.25, -0.2) is 0 Å². The molecular formula is C15H24N2O2. The molecule has 0 saturated heterocycles. The van der Waals surface area contributed by atoms with Crippen molar-refractivity contribution in [2.24, 2.45) is 5.73 Å². The van der Waals surface area contributed by atoms with Crippen LogP contribution in [-0.2, 0) is 4.79 Å². The van der Waals surface area contributed by atoms with Gasteiger partial charge in [-0.1, -0.05) is 29.8 Å². The summed E-state index contributed by atoms with van der Waals surface area (Å²) in [5.41, 5.74) is 8.01. The minimum Gasteiger partial charge on any atom is -0.396 e. The van der Waals surface area contributed by atoms with Crippen LogP contribution in [0.4, 0.5) is 0 Å². The third-order valence-electron chi connectivity index (χ3n) is 3.17. The SMILES string of the molecule is Cc1ccc(C(N)C(=O)N(CCCO)C(C)C)cc1. The molecule has 1 rings (SSSR count). The molecule has 0 fully saturated rings. The first-order chi connectivity index (χ1) is 8.97. The van der Waals surface area contributed by atoms with Crippen molar-refractivity contribution in [3.05, 3.63) is 35.4 Å². The van der Waals surface area contributed by atoms with E-state index in [2.05, 4.69) is 0 Å². The predicted octanol–water partition coefficient (Wildman–Crippen LogP) is 1.61. The Kier molecular flexibility index (Phi) is 5.99. The Balaban J connectivity index is 2.80. The van der Waals surface area contributed by atoms with Crippen LogP contribution in [0.3, 0.4) is 0 Å². The number of hydrogen-bond donors (Lipinski definition) is 2. The molecule has 0 aliphatic rings. The highest BCUT2D eigenvalue weighted by molar-refractivity contribution is 5.83. The molecule has 0 saturated carbocycles. The molecule has 1 aromatic carbocycles. The highest BCUT2D eigenvalue weighted by Crippen LogP contribution is 2.16. The highest BCUT2D eigenvalue weighted by Gasteiger charge is 2.23. The Morgan fingerprint density at radius 3 is 2.37 bits per heavy atom. The molecule has 0 spiro atoms. The van der Waals surface area contributed by atoms with Gasteiger partial charge in [-0.15, -0.1) is 0 Å². The van der Waals surface area contributed by atoms with E-state index in [1.165, 1.54) is 0 Å². The zero-order chi connectivity index (χ0) is 14.4.